The first-order valence-electron chi connectivity index (χ1n) is 17.4. The first kappa shape index (κ1) is 35.2. The third-order valence-corrected chi connectivity index (χ3v) is 12.4. The van der Waals surface area contributed by atoms with Crippen molar-refractivity contribution >= 4 is 34.2 Å². The van der Waals surface area contributed by atoms with Gasteiger partial charge in [-0.2, -0.15) is 0 Å². The molecule has 2 aromatic carbocycles. The van der Waals surface area contributed by atoms with Gasteiger partial charge in [0.2, 0.25) is 0 Å². The molecule has 7 atom stereocenters. The number of fused-ring (bicyclic) bond motifs is 2. The van der Waals surface area contributed by atoms with Crippen LogP contribution in [0.3, 0.4) is 0 Å². The van der Waals surface area contributed by atoms with Crippen molar-refractivity contribution in [2.75, 3.05) is 58.5 Å². The highest BCUT2D eigenvalue weighted by Crippen LogP contribution is 2.45. The number of hydrogen-bond acceptors (Lipinski definition) is 6. The molecule has 9 heteroatoms. The summed E-state index contributed by atoms with van der Waals surface area (Å²) in [5.74, 6) is 2.54. The van der Waals surface area contributed by atoms with Crippen molar-refractivity contribution in [2.45, 2.75) is 76.9 Å². The smallest absolute Gasteiger partial charge is 0.263 e. The normalized spacial score (nSPS) is 28.9. The Balaban J connectivity index is 1.48. The van der Waals surface area contributed by atoms with E-state index in [-0.39, 0.29) is 23.0 Å². The minimum absolute atomic E-state index is 0.138. The fraction of sp³-hybridized carbons (Fsp3) is 0.649. The number of halogens is 1. The molecule has 2 aliphatic heterocycles. The minimum Gasteiger partial charge on any atom is -0.491 e. The molecule has 46 heavy (non-hydrogen) atoms. The highest BCUT2D eigenvalue weighted by atomic mass is 35.5. The van der Waals surface area contributed by atoms with Crippen LogP contribution in [0.5, 0.6) is 5.75 Å². The second-order valence-electron chi connectivity index (χ2n) is 14.2. The largest absolute Gasteiger partial charge is 0.491 e. The number of rotatable bonds is 8. The molecule has 0 saturated heterocycles. The van der Waals surface area contributed by atoms with Gasteiger partial charge in [0.25, 0.3) is 5.91 Å². The zero-order chi connectivity index (χ0) is 32.8. The van der Waals surface area contributed by atoms with E-state index in [1.54, 1.807) is 6.07 Å². The number of aryl methyl sites for hydroxylation is 1. The van der Waals surface area contributed by atoms with E-state index in [0.29, 0.717) is 29.9 Å². The van der Waals surface area contributed by atoms with Crippen LogP contribution in [-0.4, -0.2) is 73.8 Å². The number of amides is 1. The first-order valence-corrected chi connectivity index (χ1v) is 19.0. The van der Waals surface area contributed by atoms with Gasteiger partial charge in [0.15, 0.2) is 0 Å². The van der Waals surface area contributed by atoms with Crippen LogP contribution in [0.25, 0.3) is 0 Å². The lowest BCUT2D eigenvalue weighted by molar-refractivity contribution is 0.0156. The van der Waals surface area contributed by atoms with Crippen molar-refractivity contribution in [1.29, 1.82) is 0 Å². The van der Waals surface area contributed by atoms with Crippen LogP contribution in [0.1, 0.15) is 86.7 Å². The van der Waals surface area contributed by atoms with Crippen molar-refractivity contribution in [2.24, 2.45) is 23.7 Å². The number of ether oxygens (including phenoxy) is 2. The number of anilines is 1. The second-order valence-corrected chi connectivity index (χ2v) is 16.1. The average molecular weight is 672 g/mol. The topological polar surface area (TPSA) is 71.1 Å². The van der Waals surface area contributed by atoms with Crippen molar-refractivity contribution in [3.05, 3.63) is 58.1 Å². The molecule has 1 fully saturated rings. The molecule has 3 aliphatic rings. The Morgan fingerprint density at radius 1 is 1.09 bits per heavy atom. The van der Waals surface area contributed by atoms with E-state index < -0.39 is 11.0 Å². The van der Waals surface area contributed by atoms with Crippen LogP contribution in [0.2, 0.25) is 5.02 Å². The molecule has 0 radical (unpaired) electrons. The molecule has 1 amide bonds. The summed E-state index contributed by atoms with van der Waals surface area (Å²) in [5.41, 5.74) is 4.04. The van der Waals surface area contributed by atoms with Crippen molar-refractivity contribution in [1.82, 2.24) is 9.62 Å². The van der Waals surface area contributed by atoms with Gasteiger partial charge >= 0.3 is 0 Å². The van der Waals surface area contributed by atoms with Crippen LogP contribution in [0.4, 0.5) is 5.69 Å². The zero-order valence-electron chi connectivity index (χ0n) is 28.4. The van der Waals surface area contributed by atoms with Gasteiger partial charge in [0, 0.05) is 42.7 Å². The summed E-state index contributed by atoms with van der Waals surface area (Å²) >= 11 is 6.45. The third-order valence-electron chi connectivity index (χ3n) is 10.6. The number of likely N-dealkylation sites (N-methyl/N-ethyl adjacent to an activating group) is 1. The Bertz CT molecular complexity index is 1360. The Kier molecular flexibility index (Phi) is 12.5. The maximum atomic E-state index is 13.4. The lowest BCUT2D eigenvalue weighted by Crippen LogP contribution is -2.44. The quantitative estimate of drug-likeness (QED) is 0.302. The van der Waals surface area contributed by atoms with Gasteiger partial charge in [-0.05, 0) is 118 Å². The molecular formula is C37H54ClN3O4S. The Labute approximate surface area is 284 Å². The number of hydrogen-bond donors (Lipinski definition) is 1. The lowest BCUT2D eigenvalue weighted by Gasteiger charge is -2.45. The van der Waals surface area contributed by atoms with E-state index in [4.69, 9.17) is 21.1 Å². The molecule has 0 aromatic heterocycles. The number of carbonyl (C=O) groups is 1. The predicted molar refractivity (Wildman–Crippen MR) is 190 cm³/mol. The van der Waals surface area contributed by atoms with Crippen LogP contribution in [0, 0.1) is 23.7 Å². The number of benzene rings is 2. The summed E-state index contributed by atoms with van der Waals surface area (Å²) < 4.78 is 28.9. The Morgan fingerprint density at radius 3 is 2.65 bits per heavy atom. The molecule has 2 heterocycles. The molecule has 1 N–H and O–H groups in total. The van der Waals surface area contributed by atoms with Crippen LogP contribution in [-0.2, 0) is 22.1 Å². The molecule has 1 saturated carbocycles. The van der Waals surface area contributed by atoms with Crippen molar-refractivity contribution in [3.63, 3.8) is 0 Å². The van der Waals surface area contributed by atoms with E-state index in [0.717, 1.165) is 81.4 Å². The molecule has 2 bridgehead atoms. The lowest BCUT2D eigenvalue weighted by atomic mass is 9.65. The molecule has 7 unspecified atom stereocenters. The van der Waals surface area contributed by atoms with E-state index in [9.17, 15) is 9.00 Å². The summed E-state index contributed by atoms with van der Waals surface area (Å²) in [6.45, 7) is 11.1. The Morgan fingerprint density at radius 2 is 1.91 bits per heavy atom. The summed E-state index contributed by atoms with van der Waals surface area (Å²) in [4.78, 5) is 18.1. The molecule has 2 aromatic rings. The minimum atomic E-state index is -1.48. The van der Waals surface area contributed by atoms with Crippen LogP contribution < -0.4 is 14.4 Å². The van der Waals surface area contributed by atoms with Crippen molar-refractivity contribution < 1.29 is 18.5 Å². The zero-order valence-corrected chi connectivity index (χ0v) is 30.0. The Hall–Kier alpha value is -2.13. The summed E-state index contributed by atoms with van der Waals surface area (Å²) in [6, 6.07) is 12.0. The van der Waals surface area contributed by atoms with Crippen LogP contribution >= 0.6 is 11.6 Å². The second kappa shape index (κ2) is 16.3. The average Bonchev–Trinajstić information content (AvgIpc) is 3.19. The number of nitrogens with one attached hydrogen (secondary N) is 1. The van der Waals surface area contributed by atoms with Gasteiger partial charge in [-0.1, -0.05) is 44.4 Å². The summed E-state index contributed by atoms with van der Waals surface area (Å²) in [7, 11) is 2.70. The van der Waals surface area contributed by atoms with E-state index >= 15 is 0 Å². The fourth-order valence-electron chi connectivity index (χ4n) is 7.47. The third kappa shape index (κ3) is 8.66. The number of nitrogens with zero attached hydrogens (tertiary/aromatic N) is 2. The summed E-state index contributed by atoms with van der Waals surface area (Å²) in [6.07, 6.45) is 7.60. The monoisotopic (exact) mass is 671 g/mol. The molecule has 7 nitrogen and oxygen atoms in total. The molecule has 0 spiro atoms. The maximum Gasteiger partial charge on any atom is 0.263 e. The predicted octanol–water partition coefficient (Wildman–Crippen LogP) is 7.10. The van der Waals surface area contributed by atoms with Gasteiger partial charge in [-0.15, -0.1) is 0 Å². The molecule has 1 aliphatic carbocycles. The van der Waals surface area contributed by atoms with Crippen LogP contribution in [0.15, 0.2) is 36.4 Å². The fourth-order valence-corrected chi connectivity index (χ4v) is 8.71. The first-order chi connectivity index (χ1) is 22.1. The number of carbonyl (C=O) groups excluding carboxylic acids is 1. The standard InChI is InChI=1S/C37H54ClN3O4S/c1-6-8-27-19-32(38)13-15-33(27)31-22-41-21-29-11-14-34(29)30(23-44-18-17-40(4)5)10-7-9-25(2)26(3)46(43)39-37(42)28-12-16-36(45-24-31)35(41)20-28/h12-13,15-16,19-20,25-26,29-31,34H,6-11,14,17-18,21-24H2,1-5H3,(H,39,42). The molecular weight excluding hydrogens is 618 g/mol. The van der Waals surface area contributed by atoms with E-state index in [2.05, 4.69) is 54.6 Å². The SMILES string of the molecule is CCCc1cc(Cl)ccc1C1COc2ccc3cc2N(C1)CC1CCC1C(COCCN(C)C)CCCC(C)C(C)S(=O)NC3=O. The van der Waals surface area contributed by atoms with Gasteiger partial charge in [-0.25, -0.2) is 4.21 Å². The highest BCUT2D eigenvalue weighted by molar-refractivity contribution is 7.84. The summed E-state index contributed by atoms with van der Waals surface area (Å²) in [5, 5.41) is 0.629. The molecule has 254 valence electrons. The van der Waals surface area contributed by atoms with Crippen molar-refractivity contribution in [3.8, 4) is 5.75 Å². The van der Waals surface area contributed by atoms with Gasteiger partial charge in [0.1, 0.15) is 16.7 Å². The van der Waals surface area contributed by atoms with E-state index in [1.807, 2.05) is 25.1 Å². The highest BCUT2D eigenvalue weighted by Gasteiger charge is 2.39. The molecule has 5 rings (SSSR count). The maximum absolute atomic E-state index is 13.4. The van der Waals surface area contributed by atoms with Gasteiger partial charge in [0.05, 0.1) is 24.2 Å². The van der Waals surface area contributed by atoms with E-state index in [1.165, 1.54) is 24.0 Å². The van der Waals surface area contributed by atoms with Gasteiger partial charge in [-0.3, -0.25) is 9.52 Å². The van der Waals surface area contributed by atoms with Gasteiger partial charge < -0.3 is 19.3 Å².